The third-order valence-corrected chi connectivity index (χ3v) is 4.80. The van der Waals surface area contributed by atoms with E-state index in [4.69, 9.17) is 0 Å². The van der Waals surface area contributed by atoms with Crippen LogP contribution in [0.1, 0.15) is 32.3 Å². The standard InChI is InChI=1S/C16H17N5O3S/c1-9-4-6-20(14(22)13(9)15(23)24)16-18-17-12(25-16)5-7-21-11(3)8-10(2)19-21/h4,6,8H,5,7H2,1-3H3,(H,23,24). The fraction of sp³-hybridized carbons (Fsp3) is 0.312. The van der Waals surface area contributed by atoms with E-state index in [9.17, 15) is 14.7 Å². The minimum atomic E-state index is -1.24. The van der Waals surface area contributed by atoms with Crippen molar-refractivity contribution in [2.24, 2.45) is 0 Å². The van der Waals surface area contributed by atoms with E-state index < -0.39 is 11.5 Å². The Kier molecular flexibility index (Phi) is 4.49. The molecule has 0 aromatic carbocycles. The molecule has 0 fully saturated rings. The summed E-state index contributed by atoms with van der Waals surface area (Å²) in [6.07, 6.45) is 2.15. The second-order valence-corrected chi connectivity index (χ2v) is 6.77. The molecule has 3 rings (SSSR count). The van der Waals surface area contributed by atoms with E-state index in [1.807, 2.05) is 24.6 Å². The Labute approximate surface area is 147 Å². The van der Waals surface area contributed by atoms with Gasteiger partial charge in [-0.25, -0.2) is 4.79 Å². The lowest BCUT2D eigenvalue weighted by atomic mass is 10.1. The van der Waals surface area contributed by atoms with Gasteiger partial charge in [0.1, 0.15) is 10.6 Å². The molecule has 3 aromatic heterocycles. The third kappa shape index (κ3) is 3.36. The summed E-state index contributed by atoms with van der Waals surface area (Å²) in [5.74, 6) is -1.24. The van der Waals surface area contributed by atoms with Gasteiger partial charge in [0, 0.05) is 24.9 Å². The van der Waals surface area contributed by atoms with Crippen LogP contribution in [0.3, 0.4) is 0 Å². The largest absolute Gasteiger partial charge is 0.477 e. The topological polar surface area (TPSA) is 103 Å². The van der Waals surface area contributed by atoms with Gasteiger partial charge in [-0.15, -0.1) is 10.2 Å². The number of carboxylic acids is 1. The molecule has 0 bridgehead atoms. The van der Waals surface area contributed by atoms with Crippen LogP contribution in [0, 0.1) is 20.8 Å². The quantitative estimate of drug-likeness (QED) is 0.744. The second kappa shape index (κ2) is 6.60. The third-order valence-electron chi connectivity index (χ3n) is 3.82. The number of aromatic carboxylic acids is 1. The van der Waals surface area contributed by atoms with Gasteiger partial charge in [-0.1, -0.05) is 11.3 Å². The van der Waals surface area contributed by atoms with Crippen molar-refractivity contribution >= 4 is 17.3 Å². The zero-order valence-electron chi connectivity index (χ0n) is 14.1. The number of carbonyl (C=O) groups is 1. The predicted molar refractivity (Wildman–Crippen MR) is 92.6 cm³/mol. The molecule has 0 saturated heterocycles. The van der Waals surface area contributed by atoms with Crippen LogP contribution in [0.4, 0.5) is 0 Å². The van der Waals surface area contributed by atoms with Gasteiger partial charge in [-0.3, -0.25) is 14.0 Å². The molecule has 8 nitrogen and oxygen atoms in total. The molecular weight excluding hydrogens is 342 g/mol. The number of pyridine rings is 1. The maximum absolute atomic E-state index is 12.4. The smallest absolute Gasteiger partial charge is 0.341 e. The maximum Gasteiger partial charge on any atom is 0.341 e. The highest BCUT2D eigenvalue weighted by atomic mass is 32.1. The lowest BCUT2D eigenvalue weighted by Gasteiger charge is -2.04. The summed E-state index contributed by atoms with van der Waals surface area (Å²) < 4.78 is 3.12. The fourth-order valence-corrected chi connectivity index (χ4v) is 3.39. The van der Waals surface area contributed by atoms with Crippen molar-refractivity contribution in [1.82, 2.24) is 24.5 Å². The number of hydrogen-bond donors (Lipinski definition) is 1. The second-order valence-electron chi connectivity index (χ2n) is 5.73. The Hall–Kier alpha value is -2.81. The first-order valence-corrected chi connectivity index (χ1v) is 8.48. The van der Waals surface area contributed by atoms with Gasteiger partial charge >= 0.3 is 5.97 Å². The van der Waals surface area contributed by atoms with Crippen LogP contribution in [-0.4, -0.2) is 35.6 Å². The van der Waals surface area contributed by atoms with Crippen molar-refractivity contribution in [1.29, 1.82) is 0 Å². The zero-order valence-corrected chi connectivity index (χ0v) is 14.9. The van der Waals surface area contributed by atoms with Crippen LogP contribution >= 0.6 is 11.3 Å². The van der Waals surface area contributed by atoms with Gasteiger partial charge in [0.2, 0.25) is 5.13 Å². The molecule has 3 heterocycles. The SMILES string of the molecule is Cc1cc(C)n(CCc2nnc(-n3ccc(C)c(C(=O)O)c3=O)s2)n1. The van der Waals surface area contributed by atoms with Gasteiger partial charge in [0.15, 0.2) is 0 Å². The Bertz CT molecular complexity index is 1000. The van der Waals surface area contributed by atoms with E-state index >= 15 is 0 Å². The molecule has 0 radical (unpaired) electrons. The molecule has 0 aliphatic carbocycles. The first kappa shape index (κ1) is 17.0. The van der Waals surface area contributed by atoms with E-state index in [1.54, 1.807) is 13.0 Å². The fourth-order valence-electron chi connectivity index (χ4n) is 2.58. The van der Waals surface area contributed by atoms with Crippen molar-refractivity contribution in [2.75, 3.05) is 0 Å². The summed E-state index contributed by atoms with van der Waals surface area (Å²) in [5, 5.41) is 22.8. The number of nitrogens with zero attached hydrogens (tertiary/aromatic N) is 5. The summed E-state index contributed by atoms with van der Waals surface area (Å²) in [5.41, 5.74) is 1.60. The number of aromatic nitrogens is 5. The van der Waals surface area contributed by atoms with Crippen molar-refractivity contribution < 1.29 is 9.90 Å². The molecule has 0 unspecified atom stereocenters. The molecule has 0 saturated carbocycles. The minimum absolute atomic E-state index is 0.248. The highest BCUT2D eigenvalue weighted by Crippen LogP contribution is 2.16. The molecule has 0 amide bonds. The Morgan fingerprint density at radius 2 is 2.04 bits per heavy atom. The van der Waals surface area contributed by atoms with Crippen LogP contribution in [0.2, 0.25) is 0 Å². The summed E-state index contributed by atoms with van der Waals surface area (Å²) in [7, 11) is 0. The van der Waals surface area contributed by atoms with Gasteiger partial charge in [0.25, 0.3) is 5.56 Å². The average molecular weight is 359 g/mol. The molecule has 1 N–H and O–H groups in total. The molecule has 0 aliphatic heterocycles. The van der Waals surface area contributed by atoms with Crippen LogP contribution in [-0.2, 0) is 13.0 Å². The van der Waals surface area contributed by atoms with Gasteiger partial charge < -0.3 is 5.11 Å². The lowest BCUT2D eigenvalue weighted by molar-refractivity contribution is 0.0693. The molecule has 0 spiro atoms. The average Bonchev–Trinajstić information content (AvgIpc) is 3.11. The van der Waals surface area contributed by atoms with Crippen molar-refractivity contribution in [3.63, 3.8) is 0 Å². The highest BCUT2D eigenvalue weighted by Gasteiger charge is 2.17. The number of hydrogen-bond acceptors (Lipinski definition) is 6. The van der Waals surface area contributed by atoms with E-state index in [1.165, 1.54) is 22.1 Å². The Morgan fingerprint density at radius 3 is 2.68 bits per heavy atom. The van der Waals surface area contributed by atoms with Crippen molar-refractivity contribution in [2.45, 2.75) is 33.7 Å². The first-order valence-electron chi connectivity index (χ1n) is 7.66. The molecule has 130 valence electrons. The van der Waals surface area contributed by atoms with Gasteiger partial charge in [0.05, 0.1) is 5.69 Å². The molecule has 0 atom stereocenters. The highest BCUT2D eigenvalue weighted by molar-refractivity contribution is 7.13. The van der Waals surface area contributed by atoms with E-state index in [2.05, 4.69) is 15.3 Å². The predicted octanol–water partition coefficient (Wildman–Crippen LogP) is 1.75. The van der Waals surface area contributed by atoms with Crippen molar-refractivity contribution in [3.8, 4) is 5.13 Å². The number of aryl methyl sites for hydroxylation is 5. The Morgan fingerprint density at radius 1 is 1.28 bits per heavy atom. The minimum Gasteiger partial charge on any atom is -0.477 e. The Balaban J connectivity index is 1.85. The summed E-state index contributed by atoms with van der Waals surface area (Å²) in [4.78, 5) is 23.6. The number of carboxylic acid groups (broad SMARTS) is 1. The molecule has 9 heteroatoms. The van der Waals surface area contributed by atoms with Gasteiger partial charge in [-0.05, 0) is 38.5 Å². The number of rotatable bonds is 5. The summed E-state index contributed by atoms with van der Waals surface area (Å²) >= 11 is 1.27. The van der Waals surface area contributed by atoms with Crippen molar-refractivity contribution in [3.05, 3.63) is 56.2 Å². The lowest BCUT2D eigenvalue weighted by Crippen LogP contribution is -2.25. The zero-order chi connectivity index (χ0) is 18.1. The molecular formula is C16H17N5O3S. The van der Waals surface area contributed by atoms with E-state index in [-0.39, 0.29) is 5.56 Å². The van der Waals surface area contributed by atoms with E-state index in [0.29, 0.717) is 23.7 Å². The van der Waals surface area contributed by atoms with Crippen LogP contribution in [0.5, 0.6) is 0 Å². The monoisotopic (exact) mass is 359 g/mol. The first-order chi connectivity index (χ1) is 11.9. The van der Waals surface area contributed by atoms with E-state index in [0.717, 1.165) is 16.4 Å². The van der Waals surface area contributed by atoms with Crippen LogP contribution < -0.4 is 5.56 Å². The van der Waals surface area contributed by atoms with Gasteiger partial charge in [-0.2, -0.15) is 5.10 Å². The maximum atomic E-state index is 12.4. The van der Waals surface area contributed by atoms with Crippen LogP contribution in [0.15, 0.2) is 23.1 Å². The normalized spacial score (nSPS) is 11.0. The molecule has 3 aromatic rings. The molecule has 0 aliphatic rings. The summed E-state index contributed by atoms with van der Waals surface area (Å²) in [6.45, 7) is 6.19. The molecule has 25 heavy (non-hydrogen) atoms. The summed E-state index contributed by atoms with van der Waals surface area (Å²) in [6, 6.07) is 3.59. The van der Waals surface area contributed by atoms with Crippen LogP contribution in [0.25, 0.3) is 5.13 Å².